The molecule has 0 spiro atoms. The maximum atomic E-state index is 12.1. The molecule has 1 unspecified atom stereocenters. The van der Waals surface area contributed by atoms with Crippen molar-refractivity contribution in [3.8, 4) is 0 Å². The Balaban J connectivity index is 0.000000226. The van der Waals surface area contributed by atoms with Crippen molar-refractivity contribution in [2.24, 2.45) is 0 Å². The molecule has 0 N–H and O–H groups in total. The van der Waals surface area contributed by atoms with Gasteiger partial charge in [-0.05, 0) is 100 Å². The van der Waals surface area contributed by atoms with Gasteiger partial charge in [-0.3, -0.25) is 9.59 Å². The Hall–Kier alpha value is -1.97. The van der Waals surface area contributed by atoms with Gasteiger partial charge in [-0.2, -0.15) is 22.7 Å². The third kappa shape index (κ3) is 13.3. The second kappa shape index (κ2) is 19.2. The van der Waals surface area contributed by atoms with Crippen LogP contribution < -0.4 is 0 Å². The lowest BCUT2D eigenvalue weighted by Gasteiger charge is -2.14. The molecule has 0 aliphatic rings. The van der Waals surface area contributed by atoms with Crippen LogP contribution in [-0.4, -0.2) is 25.2 Å². The van der Waals surface area contributed by atoms with Gasteiger partial charge in [-0.25, -0.2) is 0 Å². The summed E-state index contributed by atoms with van der Waals surface area (Å²) in [6.45, 7) is 4.52. The molecule has 0 saturated carbocycles. The molecule has 2 heterocycles. The molecule has 2 aromatic carbocycles. The van der Waals surface area contributed by atoms with Gasteiger partial charge in [0.1, 0.15) is 0 Å². The molecule has 208 valence electrons. The quantitative estimate of drug-likeness (QED) is 0.128. The Morgan fingerprint density at radius 2 is 1.33 bits per heavy atom. The Kier molecular flexibility index (Phi) is 16.3. The van der Waals surface area contributed by atoms with Crippen LogP contribution in [0.2, 0.25) is 0 Å². The summed E-state index contributed by atoms with van der Waals surface area (Å²) in [6.07, 6.45) is 1.07. The summed E-state index contributed by atoms with van der Waals surface area (Å²) >= 11 is 15.5. The predicted molar refractivity (Wildman–Crippen MR) is 170 cm³/mol. The van der Waals surface area contributed by atoms with Gasteiger partial charge >= 0.3 is 11.9 Å². The summed E-state index contributed by atoms with van der Waals surface area (Å²) in [5.41, 5.74) is 4.35. The molecule has 4 rings (SSSR count). The maximum absolute atomic E-state index is 12.1. The number of hydrogen-bond acceptors (Lipinski definition) is 6. The Morgan fingerprint density at radius 3 is 1.82 bits per heavy atom. The molecule has 2 aromatic heterocycles. The van der Waals surface area contributed by atoms with E-state index in [1.165, 1.54) is 0 Å². The smallest absolute Gasteiger partial charge is 0.313 e. The average molecular weight is 715 g/mol. The fraction of sp³-hybridized carbons (Fsp3) is 0.267. The number of ether oxygens (including phenoxy) is 2. The minimum Gasteiger partial charge on any atom is -0.466 e. The molecule has 39 heavy (non-hydrogen) atoms. The second-order valence-corrected chi connectivity index (χ2v) is 11.7. The minimum absolute atomic E-state index is 0.147. The van der Waals surface area contributed by atoms with Gasteiger partial charge in [0.25, 0.3) is 0 Å². The van der Waals surface area contributed by atoms with Gasteiger partial charge in [-0.1, -0.05) is 56.1 Å². The van der Waals surface area contributed by atoms with E-state index in [1.807, 2.05) is 96.0 Å². The standard InChI is InChI=1S/C15H15BrO2S.C8H10O2S.C7H6BrCl/c1-2-18-15(17)14(12-7-8-19-10-12)9-11-3-5-13(16)6-4-11;1-2-10-8(9)5-7-3-4-11-6-7;8-7-3-1-6(5-9)2-4-7/h3-8,10,14H,2,9H2,1H3;3-4,6H,2,5H2,1H3;1-4H,5H2. The highest BCUT2D eigenvalue weighted by molar-refractivity contribution is 9.10. The van der Waals surface area contributed by atoms with Crippen LogP contribution >= 0.6 is 66.1 Å². The molecular weight excluding hydrogens is 684 g/mol. The van der Waals surface area contributed by atoms with E-state index >= 15 is 0 Å². The third-order valence-corrected chi connectivity index (χ3v) is 7.97. The lowest BCUT2D eigenvalue weighted by atomic mass is 9.94. The fourth-order valence-corrected chi connectivity index (χ4v) is 5.34. The second-order valence-electron chi connectivity index (χ2n) is 8.07. The van der Waals surface area contributed by atoms with Crippen LogP contribution in [0.5, 0.6) is 0 Å². The molecule has 4 aromatic rings. The summed E-state index contributed by atoms with van der Waals surface area (Å²) in [5.74, 6) is 0.0786. The van der Waals surface area contributed by atoms with Crippen molar-refractivity contribution in [1.29, 1.82) is 0 Å². The van der Waals surface area contributed by atoms with Crippen LogP contribution in [0.4, 0.5) is 0 Å². The van der Waals surface area contributed by atoms with Crippen LogP contribution in [0.1, 0.15) is 42.0 Å². The van der Waals surface area contributed by atoms with Crippen LogP contribution in [0.25, 0.3) is 0 Å². The van der Waals surface area contributed by atoms with E-state index in [-0.39, 0.29) is 17.9 Å². The van der Waals surface area contributed by atoms with Crippen molar-refractivity contribution in [3.63, 3.8) is 0 Å². The number of esters is 2. The number of halogens is 3. The van der Waals surface area contributed by atoms with Crippen LogP contribution in [0, 0.1) is 0 Å². The van der Waals surface area contributed by atoms with E-state index in [4.69, 9.17) is 21.1 Å². The molecule has 0 bridgehead atoms. The molecule has 0 fully saturated rings. The topological polar surface area (TPSA) is 52.6 Å². The van der Waals surface area contributed by atoms with Gasteiger partial charge in [0.2, 0.25) is 0 Å². The van der Waals surface area contributed by atoms with Crippen LogP contribution in [0.15, 0.2) is 91.1 Å². The minimum atomic E-state index is -0.215. The summed E-state index contributed by atoms with van der Waals surface area (Å²) in [7, 11) is 0. The Morgan fingerprint density at radius 1 is 0.769 bits per heavy atom. The summed E-state index contributed by atoms with van der Waals surface area (Å²) in [6, 6.07) is 19.9. The molecule has 4 nitrogen and oxygen atoms in total. The Labute approximate surface area is 260 Å². The van der Waals surface area contributed by atoms with Gasteiger partial charge in [0.05, 0.1) is 25.6 Å². The highest BCUT2D eigenvalue weighted by Crippen LogP contribution is 2.25. The van der Waals surface area contributed by atoms with Crippen molar-refractivity contribution in [1.82, 2.24) is 0 Å². The van der Waals surface area contributed by atoms with Gasteiger partial charge in [0, 0.05) is 14.8 Å². The monoisotopic (exact) mass is 712 g/mol. The molecule has 0 aliphatic heterocycles. The van der Waals surface area contributed by atoms with E-state index in [9.17, 15) is 9.59 Å². The van der Waals surface area contributed by atoms with Crippen molar-refractivity contribution < 1.29 is 19.1 Å². The van der Waals surface area contributed by atoms with E-state index < -0.39 is 0 Å². The third-order valence-electron chi connectivity index (χ3n) is 5.17. The molecule has 0 radical (unpaired) electrons. The molecule has 9 heteroatoms. The zero-order valence-corrected chi connectivity index (χ0v) is 27.3. The molecule has 0 amide bonds. The highest BCUT2D eigenvalue weighted by Gasteiger charge is 2.22. The number of carbonyl (C=O) groups is 2. The molecule has 0 aliphatic carbocycles. The summed E-state index contributed by atoms with van der Waals surface area (Å²) in [4.78, 5) is 23.0. The molecule has 1 atom stereocenters. The Bertz CT molecular complexity index is 1210. The van der Waals surface area contributed by atoms with Gasteiger partial charge < -0.3 is 9.47 Å². The zero-order chi connectivity index (χ0) is 28.5. The number of hydrogen-bond donors (Lipinski definition) is 0. The van der Waals surface area contributed by atoms with Crippen molar-refractivity contribution in [2.45, 2.75) is 38.5 Å². The molecular formula is C30H31Br2ClO4S2. The van der Waals surface area contributed by atoms with Crippen LogP contribution in [-0.2, 0) is 37.8 Å². The normalized spacial score (nSPS) is 10.8. The van der Waals surface area contributed by atoms with E-state index in [1.54, 1.807) is 22.7 Å². The summed E-state index contributed by atoms with van der Waals surface area (Å²) < 4.78 is 12.1. The van der Waals surface area contributed by atoms with Crippen LogP contribution in [0.3, 0.4) is 0 Å². The lowest BCUT2D eigenvalue weighted by molar-refractivity contribution is -0.145. The van der Waals surface area contributed by atoms with Gasteiger partial charge in [0.15, 0.2) is 0 Å². The number of carbonyl (C=O) groups excluding carboxylic acids is 2. The number of alkyl halides is 1. The van der Waals surface area contributed by atoms with E-state index in [0.29, 0.717) is 31.9 Å². The number of benzene rings is 2. The predicted octanol–water partition coefficient (Wildman–Crippen LogP) is 9.44. The summed E-state index contributed by atoms with van der Waals surface area (Å²) in [5, 5.41) is 7.91. The van der Waals surface area contributed by atoms with Crippen molar-refractivity contribution in [3.05, 3.63) is 113 Å². The number of rotatable bonds is 9. The maximum Gasteiger partial charge on any atom is 0.313 e. The number of thiophene rings is 2. The zero-order valence-electron chi connectivity index (χ0n) is 21.8. The van der Waals surface area contributed by atoms with Crippen molar-refractivity contribution >= 4 is 78.1 Å². The largest absolute Gasteiger partial charge is 0.466 e. The first-order valence-electron chi connectivity index (χ1n) is 12.3. The SMILES string of the molecule is CCOC(=O)C(Cc1ccc(Br)cc1)c1ccsc1.CCOC(=O)Cc1ccsc1.ClCc1ccc(Br)cc1. The van der Waals surface area contributed by atoms with E-state index in [2.05, 4.69) is 31.9 Å². The highest BCUT2D eigenvalue weighted by atomic mass is 79.9. The lowest BCUT2D eigenvalue weighted by Crippen LogP contribution is -2.17. The first-order valence-corrected chi connectivity index (χ1v) is 16.3. The first kappa shape index (κ1) is 33.2. The molecule has 0 saturated heterocycles. The fourth-order valence-electron chi connectivity index (χ4n) is 3.25. The van der Waals surface area contributed by atoms with E-state index in [0.717, 1.165) is 31.2 Å². The first-order chi connectivity index (χ1) is 18.9. The van der Waals surface area contributed by atoms with Crippen molar-refractivity contribution in [2.75, 3.05) is 13.2 Å². The van der Waals surface area contributed by atoms with Gasteiger partial charge in [-0.15, -0.1) is 11.6 Å². The average Bonchev–Trinajstić information content (AvgIpc) is 3.65.